The summed E-state index contributed by atoms with van der Waals surface area (Å²) in [4.78, 5) is 2.72. The van der Waals surface area contributed by atoms with E-state index in [1.807, 2.05) is 0 Å². The normalized spacial score (nSPS) is 37.3. The van der Waals surface area contributed by atoms with Gasteiger partial charge >= 0.3 is 0 Å². The Balaban J connectivity index is 1.89. The molecule has 0 spiro atoms. The Labute approximate surface area is 88.1 Å². The molecule has 0 bridgehead atoms. The van der Waals surface area contributed by atoms with Crippen LogP contribution in [0.1, 0.15) is 39.5 Å². The zero-order chi connectivity index (χ0) is 9.97. The van der Waals surface area contributed by atoms with Gasteiger partial charge in [-0.1, -0.05) is 0 Å². The molecule has 0 saturated carbocycles. The maximum absolute atomic E-state index is 3.53. The van der Waals surface area contributed by atoms with Crippen molar-refractivity contribution in [1.82, 2.24) is 10.2 Å². The maximum Gasteiger partial charge on any atom is 0.0110 e. The molecule has 2 aliphatic rings. The molecule has 0 aromatic carbocycles. The van der Waals surface area contributed by atoms with Gasteiger partial charge in [-0.3, -0.25) is 4.90 Å². The Morgan fingerprint density at radius 1 is 1.29 bits per heavy atom. The van der Waals surface area contributed by atoms with E-state index < -0.39 is 0 Å². The molecule has 0 aromatic heterocycles. The smallest absolute Gasteiger partial charge is 0.0110 e. The molecule has 0 amide bonds. The van der Waals surface area contributed by atoms with Gasteiger partial charge in [0.25, 0.3) is 0 Å². The van der Waals surface area contributed by atoms with Crippen LogP contribution in [0.3, 0.4) is 0 Å². The summed E-state index contributed by atoms with van der Waals surface area (Å²) in [6.45, 7) is 8.63. The van der Waals surface area contributed by atoms with Gasteiger partial charge in [0.15, 0.2) is 0 Å². The molecule has 3 atom stereocenters. The van der Waals surface area contributed by atoms with Crippen LogP contribution in [0, 0.1) is 5.92 Å². The van der Waals surface area contributed by atoms with Crippen molar-refractivity contribution in [2.75, 3.05) is 19.6 Å². The van der Waals surface area contributed by atoms with Crippen LogP contribution in [0.15, 0.2) is 0 Å². The predicted octanol–water partition coefficient (Wildman–Crippen LogP) is 1.86. The average Bonchev–Trinajstić information content (AvgIpc) is 2.65. The van der Waals surface area contributed by atoms with Gasteiger partial charge in [-0.2, -0.15) is 0 Å². The van der Waals surface area contributed by atoms with Crippen molar-refractivity contribution in [1.29, 1.82) is 0 Å². The summed E-state index contributed by atoms with van der Waals surface area (Å²) in [7, 11) is 0. The fourth-order valence-electron chi connectivity index (χ4n) is 3.12. The molecule has 1 N–H and O–H groups in total. The summed E-state index contributed by atoms with van der Waals surface area (Å²) in [5.74, 6) is 0.893. The van der Waals surface area contributed by atoms with E-state index >= 15 is 0 Å². The summed E-state index contributed by atoms with van der Waals surface area (Å²) in [5, 5.41) is 3.53. The molecule has 82 valence electrons. The standard InChI is InChI=1S/C12H24N2/c1-10-5-4-8-14(10)11(2)12-6-3-7-13-9-12/h10-13H,3-9H2,1-2H3. The van der Waals surface area contributed by atoms with Gasteiger partial charge in [0.2, 0.25) is 0 Å². The van der Waals surface area contributed by atoms with Gasteiger partial charge in [0.05, 0.1) is 0 Å². The lowest BCUT2D eigenvalue weighted by Crippen LogP contribution is -2.46. The Bertz CT molecular complexity index is 175. The molecule has 0 radical (unpaired) electrons. The molecule has 2 aliphatic heterocycles. The van der Waals surface area contributed by atoms with Gasteiger partial charge in [0, 0.05) is 12.1 Å². The van der Waals surface area contributed by atoms with E-state index in [0.29, 0.717) is 0 Å². The largest absolute Gasteiger partial charge is 0.316 e. The quantitative estimate of drug-likeness (QED) is 0.725. The highest BCUT2D eigenvalue weighted by molar-refractivity contribution is 4.86. The lowest BCUT2D eigenvalue weighted by atomic mass is 9.91. The van der Waals surface area contributed by atoms with Crippen LogP contribution in [0.25, 0.3) is 0 Å². The number of nitrogens with one attached hydrogen (secondary N) is 1. The van der Waals surface area contributed by atoms with E-state index in [-0.39, 0.29) is 0 Å². The summed E-state index contributed by atoms with van der Waals surface area (Å²) in [5.41, 5.74) is 0. The summed E-state index contributed by atoms with van der Waals surface area (Å²) in [6.07, 6.45) is 5.62. The first-order valence-corrected chi connectivity index (χ1v) is 6.25. The number of likely N-dealkylation sites (tertiary alicyclic amines) is 1. The number of piperidine rings is 1. The Kier molecular flexibility index (Phi) is 3.45. The van der Waals surface area contributed by atoms with Crippen LogP contribution < -0.4 is 5.32 Å². The SMILES string of the molecule is CC1CCCN1C(C)C1CCCNC1. The number of rotatable bonds is 2. The second kappa shape index (κ2) is 4.63. The summed E-state index contributed by atoms with van der Waals surface area (Å²) >= 11 is 0. The van der Waals surface area contributed by atoms with Gasteiger partial charge in [-0.25, -0.2) is 0 Å². The fourth-order valence-corrected chi connectivity index (χ4v) is 3.12. The molecule has 0 aromatic rings. The van der Waals surface area contributed by atoms with E-state index in [0.717, 1.165) is 18.0 Å². The zero-order valence-electron chi connectivity index (χ0n) is 9.63. The molecule has 2 rings (SSSR count). The van der Waals surface area contributed by atoms with E-state index in [2.05, 4.69) is 24.1 Å². The van der Waals surface area contributed by atoms with Crippen molar-refractivity contribution in [2.24, 2.45) is 5.92 Å². The molecule has 2 heteroatoms. The van der Waals surface area contributed by atoms with Crippen molar-refractivity contribution < 1.29 is 0 Å². The van der Waals surface area contributed by atoms with Gasteiger partial charge in [-0.15, -0.1) is 0 Å². The average molecular weight is 196 g/mol. The molecule has 2 saturated heterocycles. The van der Waals surface area contributed by atoms with E-state index in [4.69, 9.17) is 0 Å². The minimum Gasteiger partial charge on any atom is -0.316 e. The molecule has 14 heavy (non-hydrogen) atoms. The zero-order valence-corrected chi connectivity index (χ0v) is 9.63. The molecular formula is C12H24N2. The topological polar surface area (TPSA) is 15.3 Å². The van der Waals surface area contributed by atoms with Crippen LogP contribution in [-0.2, 0) is 0 Å². The minimum atomic E-state index is 0.792. The maximum atomic E-state index is 3.53. The third-order valence-corrected chi connectivity index (χ3v) is 4.14. The highest BCUT2D eigenvalue weighted by Gasteiger charge is 2.30. The van der Waals surface area contributed by atoms with Crippen LogP contribution in [0.2, 0.25) is 0 Å². The first-order chi connectivity index (χ1) is 6.79. The lowest BCUT2D eigenvalue weighted by Gasteiger charge is -2.36. The fraction of sp³-hybridized carbons (Fsp3) is 1.00. The minimum absolute atomic E-state index is 0.792. The second-order valence-electron chi connectivity index (χ2n) is 5.08. The molecule has 2 heterocycles. The summed E-state index contributed by atoms with van der Waals surface area (Å²) in [6, 6.07) is 1.62. The van der Waals surface area contributed by atoms with Crippen molar-refractivity contribution >= 4 is 0 Å². The number of nitrogens with zero attached hydrogens (tertiary/aromatic N) is 1. The molecule has 3 unspecified atom stereocenters. The molecular weight excluding hydrogens is 172 g/mol. The van der Waals surface area contributed by atoms with Gasteiger partial charge in [0.1, 0.15) is 0 Å². The molecule has 2 nitrogen and oxygen atoms in total. The van der Waals surface area contributed by atoms with E-state index in [1.54, 1.807) is 0 Å². The molecule has 2 fully saturated rings. The Morgan fingerprint density at radius 3 is 2.71 bits per heavy atom. The van der Waals surface area contributed by atoms with Crippen LogP contribution in [-0.4, -0.2) is 36.6 Å². The Morgan fingerprint density at radius 2 is 2.14 bits per heavy atom. The van der Waals surface area contributed by atoms with Crippen LogP contribution >= 0.6 is 0 Å². The lowest BCUT2D eigenvalue weighted by molar-refractivity contribution is 0.131. The highest BCUT2D eigenvalue weighted by Crippen LogP contribution is 2.26. The number of hydrogen-bond donors (Lipinski definition) is 1. The highest BCUT2D eigenvalue weighted by atomic mass is 15.2. The van der Waals surface area contributed by atoms with Gasteiger partial charge in [-0.05, 0) is 65.1 Å². The van der Waals surface area contributed by atoms with Crippen LogP contribution in [0.5, 0.6) is 0 Å². The third kappa shape index (κ3) is 2.12. The van der Waals surface area contributed by atoms with E-state index in [1.165, 1.54) is 45.3 Å². The van der Waals surface area contributed by atoms with E-state index in [9.17, 15) is 0 Å². The van der Waals surface area contributed by atoms with Crippen molar-refractivity contribution in [3.8, 4) is 0 Å². The van der Waals surface area contributed by atoms with Crippen molar-refractivity contribution in [3.63, 3.8) is 0 Å². The van der Waals surface area contributed by atoms with Crippen molar-refractivity contribution in [3.05, 3.63) is 0 Å². The number of hydrogen-bond acceptors (Lipinski definition) is 2. The van der Waals surface area contributed by atoms with Crippen LogP contribution in [0.4, 0.5) is 0 Å². The van der Waals surface area contributed by atoms with Crippen molar-refractivity contribution in [2.45, 2.75) is 51.6 Å². The van der Waals surface area contributed by atoms with Gasteiger partial charge < -0.3 is 5.32 Å². The molecule has 0 aliphatic carbocycles. The summed E-state index contributed by atoms with van der Waals surface area (Å²) < 4.78 is 0. The Hall–Kier alpha value is -0.0800. The third-order valence-electron chi connectivity index (χ3n) is 4.14. The monoisotopic (exact) mass is 196 g/mol. The second-order valence-corrected chi connectivity index (χ2v) is 5.08. The first-order valence-electron chi connectivity index (χ1n) is 6.25. The predicted molar refractivity (Wildman–Crippen MR) is 60.5 cm³/mol. The first kappa shape index (κ1) is 10.4.